The molecule has 0 aliphatic heterocycles. The summed E-state index contributed by atoms with van der Waals surface area (Å²) in [4.78, 5) is 10.4. The Morgan fingerprint density at radius 3 is 2.64 bits per heavy atom. The second-order valence-electron chi connectivity index (χ2n) is 3.32. The van der Waals surface area contributed by atoms with Crippen molar-refractivity contribution in [3.8, 4) is 0 Å². The summed E-state index contributed by atoms with van der Waals surface area (Å²) in [5.41, 5.74) is 1.22. The molecule has 1 aromatic carbocycles. The van der Waals surface area contributed by atoms with Crippen LogP contribution in [-0.4, -0.2) is 6.29 Å². The van der Waals surface area contributed by atoms with E-state index in [2.05, 4.69) is 18.7 Å². The van der Waals surface area contributed by atoms with Gasteiger partial charge in [0.05, 0.1) is 0 Å². The van der Waals surface area contributed by atoms with E-state index in [0.29, 0.717) is 12.3 Å². The van der Waals surface area contributed by atoms with E-state index in [-0.39, 0.29) is 0 Å². The SMILES string of the molecule is C=CCCC(C[C]=O)c1ccccc1. The Labute approximate surface area is 85.5 Å². The van der Waals surface area contributed by atoms with Gasteiger partial charge in [-0.25, -0.2) is 0 Å². The molecule has 1 atom stereocenters. The Balaban J connectivity index is 2.66. The fourth-order valence-electron chi connectivity index (χ4n) is 1.53. The maximum Gasteiger partial charge on any atom is 0.199 e. The molecule has 1 radical (unpaired) electrons. The second kappa shape index (κ2) is 6.14. The van der Waals surface area contributed by atoms with Crippen LogP contribution in [0.15, 0.2) is 43.0 Å². The van der Waals surface area contributed by atoms with Crippen molar-refractivity contribution in [2.24, 2.45) is 0 Å². The lowest BCUT2D eigenvalue weighted by atomic mass is 9.92. The van der Waals surface area contributed by atoms with Crippen LogP contribution >= 0.6 is 0 Å². The van der Waals surface area contributed by atoms with Gasteiger partial charge in [-0.2, -0.15) is 0 Å². The number of benzene rings is 1. The fraction of sp³-hybridized carbons (Fsp3) is 0.308. The summed E-state index contributed by atoms with van der Waals surface area (Å²) in [5.74, 6) is 0.298. The predicted molar refractivity (Wildman–Crippen MR) is 58.9 cm³/mol. The molecule has 1 unspecified atom stereocenters. The number of hydrogen-bond acceptors (Lipinski definition) is 1. The molecule has 0 saturated carbocycles. The Bertz CT molecular complexity index is 277. The van der Waals surface area contributed by atoms with Gasteiger partial charge in [-0.1, -0.05) is 36.4 Å². The van der Waals surface area contributed by atoms with Crippen LogP contribution in [-0.2, 0) is 4.79 Å². The van der Waals surface area contributed by atoms with Crippen molar-refractivity contribution < 1.29 is 4.79 Å². The molecule has 1 aromatic rings. The van der Waals surface area contributed by atoms with Gasteiger partial charge in [0.25, 0.3) is 0 Å². The smallest absolute Gasteiger partial charge is 0.199 e. The molecule has 0 saturated heterocycles. The van der Waals surface area contributed by atoms with Gasteiger partial charge in [-0.15, -0.1) is 6.58 Å². The number of hydrogen-bond donors (Lipinski definition) is 0. The van der Waals surface area contributed by atoms with Gasteiger partial charge >= 0.3 is 0 Å². The van der Waals surface area contributed by atoms with Crippen LogP contribution in [0.2, 0.25) is 0 Å². The molecular weight excluding hydrogens is 172 g/mol. The summed E-state index contributed by atoms with van der Waals surface area (Å²) >= 11 is 0. The van der Waals surface area contributed by atoms with Crippen molar-refractivity contribution in [1.29, 1.82) is 0 Å². The highest BCUT2D eigenvalue weighted by atomic mass is 16.1. The summed E-state index contributed by atoms with van der Waals surface area (Å²) < 4.78 is 0. The van der Waals surface area contributed by atoms with Crippen molar-refractivity contribution in [2.75, 3.05) is 0 Å². The molecule has 1 rings (SSSR count). The lowest BCUT2D eigenvalue weighted by Gasteiger charge is -2.12. The standard InChI is InChI=1S/C13H15O/c1-2-3-7-13(10-11-14)12-8-5-4-6-9-12/h2,4-6,8-9,13H,1,3,7,10H2. The molecule has 0 aliphatic rings. The van der Waals surface area contributed by atoms with Crippen molar-refractivity contribution in [2.45, 2.75) is 25.2 Å². The molecule has 0 heterocycles. The lowest BCUT2D eigenvalue weighted by molar-refractivity contribution is 0.535. The topological polar surface area (TPSA) is 17.1 Å². The first-order valence-electron chi connectivity index (χ1n) is 4.89. The van der Waals surface area contributed by atoms with Crippen LogP contribution in [0, 0.1) is 0 Å². The average molecular weight is 187 g/mol. The number of allylic oxidation sites excluding steroid dienone is 1. The molecule has 73 valence electrons. The minimum Gasteiger partial charge on any atom is -0.291 e. The van der Waals surface area contributed by atoms with E-state index >= 15 is 0 Å². The highest BCUT2D eigenvalue weighted by Crippen LogP contribution is 2.23. The highest BCUT2D eigenvalue weighted by Gasteiger charge is 2.09. The van der Waals surface area contributed by atoms with E-state index in [4.69, 9.17) is 0 Å². The van der Waals surface area contributed by atoms with Crippen LogP contribution in [0.25, 0.3) is 0 Å². The maximum absolute atomic E-state index is 10.4. The molecule has 0 bridgehead atoms. The third kappa shape index (κ3) is 3.17. The van der Waals surface area contributed by atoms with E-state index in [0.717, 1.165) is 12.8 Å². The molecule has 14 heavy (non-hydrogen) atoms. The molecule has 0 fully saturated rings. The molecule has 0 amide bonds. The van der Waals surface area contributed by atoms with Crippen molar-refractivity contribution in [3.63, 3.8) is 0 Å². The van der Waals surface area contributed by atoms with Crippen LogP contribution in [0.5, 0.6) is 0 Å². The van der Waals surface area contributed by atoms with Gasteiger partial charge < -0.3 is 0 Å². The normalized spacial score (nSPS) is 12.0. The largest absolute Gasteiger partial charge is 0.291 e. The molecule has 0 N–H and O–H groups in total. The van der Waals surface area contributed by atoms with Gasteiger partial charge in [0, 0.05) is 6.42 Å². The zero-order chi connectivity index (χ0) is 10.2. The molecule has 0 spiro atoms. The third-order valence-electron chi connectivity index (χ3n) is 2.32. The van der Waals surface area contributed by atoms with Crippen molar-refractivity contribution in [3.05, 3.63) is 48.6 Å². The summed E-state index contributed by atoms with van der Waals surface area (Å²) in [6.45, 7) is 3.69. The quantitative estimate of drug-likeness (QED) is 0.625. The molecular formula is C13H15O. The zero-order valence-electron chi connectivity index (χ0n) is 8.28. The van der Waals surface area contributed by atoms with Crippen molar-refractivity contribution >= 4 is 6.29 Å². The van der Waals surface area contributed by atoms with Gasteiger partial charge in [0.1, 0.15) is 0 Å². The first-order chi connectivity index (χ1) is 6.88. The number of rotatable bonds is 6. The summed E-state index contributed by atoms with van der Waals surface area (Å²) in [7, 11) is 0. The summed E-state index contributed by atoms with van der Waals surface area (Å²) in [6.07, 6.45) is 6.29. The van der Waals surface area contributed by atoms with E-state index in [9.17, 15) is 4.79 Å². The third-order valence-corrected chi connectivity index (χ3v) is 2.32. The van der Waals surface area contributed by atoms with Crippen LogP contribution in [0.3, 0.4) is 0 Å². The van der Waals surface area contributed by atoms with E-state index in [1.54, 1.807) is 0 Å². The predicted octanol–water partition coefficient (Wildman–Crippen LogP) is 3.24. The lowest BCUT2D eigenvalue weighted by Crippen LogP contribution is -1.99. The average Bonchev–Trinajstić information content (AvgIpc) is 2.25. The van der Waals surface area contributed by atoms with Crippen LogP contribution < -0.4 is 0 Å². The first kappa shape index (κ1) is 10.7. The minimum atomic E-state index is 0.298. The molecule has 0 aliphatic carbocycles. The number of carbonyl (C=O) groups excluding carboxylic acids is 1. The van der Waals surface area contributed by atoms with Crippen LogP contribution in [0.4, 0.5) is 0 Å². The Kier molecular flexibility index (Phi) is 4.70. The van der Waals surface area contributed by atoms with Gasteiger partial charge in [0.15, 0.2) is 6.29 Å². The van der Waals surface area contributed by atoms with Crippen molar-refractivity contribution in [1.82, 2.24) is 0 Å². The van der Waals surface area contributed by atoms with E-state index in [1.165, 1.54) is 5.56 Å². The maximum atomic E-state index is 10.4. The Hall–Kier alpha value is -1.37. The first-order valence-corrected chi connectivity index (χ1v) is 4.89. The zero-order valence-corrected chi connectivity index (χ0v) is 8.28. The molecule has 1 heteroatoms. The second-order valence-corrected chi connectivity index (χ2v) is 3.32. The highest BCUT2D eigenvalue weighted by molar-refractivity contribution is 5.52. The molecule has 1 nitrogen and oxygen atoms in total. The van der Waals surface area contributed by atoms with Crippen LogP contribution in [0.1, 0.15) is 30.7 Å². The Morgan fingerprint density at radius 1 is 1.36 bits per heavy atom. The van der Waals surface area contributed by atoms with Gasteiger partial charge in [0.2, 0.25) is 0 Å². The van der Waals surface area contributed by atoms with E-state index in [1.807, 2.05) is 30.6 Å². The van der Waals surface area contributed by atoms with E-state index < -0.39 is 0 Å². The van der Waals surface area contributed by atoms with Gasteiger partial charge in [-0.05, 0) is 24.3 Å². The summed E-state index contributed by atoms with van der Waals surface area (Å²) in [5, 5.41) is 0. The molecule has 0 aromatic heterocycles. The van der Waals surface area contributed by atoms with Gasteiger partial charge in [-0.3, -0.25) is 4.79 Å². The monoisotopic (exact) mass is 187 g/mol. The Morgan fingerprint density at radius 2 is 2.07 bits per heavy atom. The minimum absolute atomic E-state index is 0.298. The fourth-order valence-corrected chi connectivity index (χ4v) is 1.53. The summed E-state index contributed by atoms with van der Waals surface area (Å²) in [6, 6.07) is 10.1.